The molecule has 1 saturated heterocycles. The van der Waals surface area contributed by atoms with E-state index in [4.69, 9.17) is 4.74 Å². The molecule has 3 heteroatoms. The number of fused-ring (bicyclic) bond motifs is 12. The Balaban J connectivity index is 1.33. The summed E-state index contributed by atoms with van der Waals surface area (Å²) < 4.78 is 6.22. The molecule has 7 aliphatic rings. The monoisotopic (exact) mass is 366 g/mol. The minimum absolute atomic E-state index is 0.0561. The van der Waals surface area contributed by atoms with Crippen molar-refractivity contribution < 1.29 is 14.3 Å². The maximum absolute atomic E-state index is 12.2. The van der Waals surface area contributed by atoms with E-state index in [1.807, 2.05) is 0 Å². The van der Waals surface area contributed by atoms with E-state index >= 15 is 0 Å². The molecule has 1 aliphatic heterocycles. The number of ether oxygens (including phenoxy) is 1. The lowest BCUT2D eigenvalue weighted by Crippen LogP contribution is -2.57. The highest BCUT2D eigenvalue weighted by Gasteiger charge is 2.81. The third kappa shape index (κ3) is 1.58. The summed E-state index contributed by atoms with van der Waals surface area (Å²) >= 11 is 0. The Kier molecular flexibility index (Phi) is 2.56. The van der Waals surface area contributed by atoms with Crippen molar-refractivity contribution >= 4 is 11.8 Å². The highest BCUT2D eigenvalue weighted by atomic mass is 16.6. The van der Waals surface area contributed by atoms with Gasteiger partial charge in [0.1, 0.15) is 5.60 Å². The Bertz CT molecular complexity index is 827. The minimum atomic E-state index is -0.131. The molecule has 0 N–H and O–H groups in total. The summed E-state index contributed by atoms with van der Waals surface area (Å²) in [5, 5.41) is 0. The predicted octanol–water partition coefficient (Wildman–Crippen LogP) is 4.31. The Labute approximate surface area is 161 Å². The summed E-state index contributed by atoms with van der Waals surface area (Å²) in [6, 6.07) is 0. The first-order valence-electron chi connectivity index (χ1n) is 11.4. The highest BCUT2D eigenvalue weighted by molar-refractivity contribution is 5.92. The van der Waals surface area contributed by atoms with Gasteiger partial charge in [-0.15, -0.1) is 0 Å². The third-order valence-corrected chi connectivity index (χ3v) is 10.9. The van der Waals surface area contributed by atoms with Crippen molar-refractivity contribution in [2.45, 2.75) is 70.8 Å². The first-order valence-corrected chi connectivity index (χ1v) is 11.4. The molecule has 10 atom stereocenters. The van der Waals surface area contributed by atoms with E-state index in [0.717, 1.165) is 48.9 Å². The minimum Gasteiger partial charge on any atom is -0.458 e. The molecule has 6 fully saturated rings. The van der Waals surface area contributed by atoms with Crippen LogP contribution in [-0.2, 0) is 14.3 Å². The number of hydrogen-bond acceptors (Lipinski definition) is 3. The number of hydrogen-bond donors (Lipinski definition) is 0. The zero-order valence-corrected chi connectivity index (χ0v) is 16.5. The molecular weight excluding hydrogens is 336 g/mol. The molecule has 3 nitrogen and oxygen atoms in total. The van der Waals surface area contributed by atoms with Gasteiger partial charge in [-0.3, -0.25) is 9.59 Å². The van der Waals surface area contributed by atoms with Crippen LogP contribution in [0.25, 0.3) is 0 Å². The van der Waals surface area contributed by atoms with Crippen LogP contribution in [0.15, 0.2) is 11.6 Å². The van der Waals surface area contributed by atoms with Crippen LogP contribution in [0.1, 0.15) is 65.2 Å². The van der Waals surface area contributed by atoms with Gasteiger partial charge in [0.25, 0.3) is 0 Å². The van der Waals surface area contributed by atoms with Crippen molar-refractivity contribution in [3.8, 4) is 0 Å². The lowest BCUT2D eigenvalue weighted by atomic mass is 9.45. The molecule has 0 aromatic rings. The average molecular weight is 367 g/mol. The number of rotatable bonds is 0. The van der Waals surface area contributed by atoms with Gasteiger partial charge in [-0.25, -0.2) is 0 Å². The Morgan fingerprint density at radius 2 is 1.85 bits per heavy atom. The Hall–Kier alpha value is -1.12. The van der Waals surface area contributed by atoms with Crippen LogP contribution in [0.2, 0.25) is 0 Å². The fourth-order valence-electron chi connectivity index (χ4n) is 9.74. The van der Waals surface area contributed by atoms with Crippen molar-refractivity contribution in [3.05, 3.63) is 11.6 Å². The van der Waals surface area contributed by atoms with Crippen molar-refractivity contribution in [1.82, 2.24) is 0 Å². The van der Waals surface area contributed by atoms with Crippen molar-refractivity contribution in [2.75, 3.05) is 0 Å². The van der Waals surface area contributed by atoms with E-state index in [0.29, 0.717) is 24.0 Å². The summed E-state index contributed by atoms with van der Waals surface area (Å²) in [6.07, 6.45) is 10.6. The standard InChI is InChI=1S/C24H30O3/c1-22-6-3-12(25)9-17(22)13-10-14(13)20-16(22)4-7-23(2)21(20)15-11-18(15)24(23)8-5-19(26)27-24/h9,13-16,18,20-21H,3-8,10-11H2,1-2H3/t13-,14+,15+,16-,18-,20+,21-,22+,23-,24-/m0/s1. The molecule has 0 radical (unpaired) electrons. The van der Waals surface area contributed by atoms with Gasteiger partial charge < -0.3 is 4.74 Å². The van der Waals surface area contributed by atoms with Gasteiger partial charge in [0.2, 0.25) is 0 Å². The van der Waals surface area contributed by atoms with Gasteiger partial charge in [-0.05, 0) is 85.5 Å². The van der Waals surface area contributed by atoms with Crippen molar-refractivity contribution in [3.63, 3.8) is 0 Å². The number of carbonyl (C=O) groups is 2. The zero-order chi connectivity index (χ0) is 18.3. The van der Waals surface area contributed by atoms with Crippen LogP contribution in [0.3, 0.4) is 0 Å². The Morgan fingerprint density at radius 1 is 1.00 bits per heavy atom. The van der Waals surface area contributed by atoms with Crippen LogP contribution in [-0.4, -0.2) is 17.4 Å². The van der Waals surface area contributed by atoms with Gasteiger partial charge in [-0.2, -0.15) is 0 Å². The number of ketones is 1. The van der Waals surface area contributed by atoms with Crippen LogP contribution >= 0.6 is 0 Å². The van der Waals surface area contributed by atoms with Crippen molar-refractivity contribution in [1.29, 1.82) is 0 Å². The van der Waals surface area contributed by atoms with E-state index in [2.05, 4.69) is 19.9 Å². The second-order valence-corrected chi connectivity index (χ2v) is 11.5. The molecule has 1 spiro atoms. The number of carbonyl (C=O) groups excluding carboxylic acids is 2. The quantitative estimate of drug-likeness (QED) is 0.600. The van der Waals surface area contributed by atoms with E-state index in [9.17, 15) is 9.59 Å². The molecule has 5 saturated carbocycles. The van der Waals surface area contributed by atoms with E-state index in [1.165, 1.54) is 31.3 Å². The average Bonchev–Trinajstić information content (AvgIpc) is 3.53. The SMILES string of the molecule is C[C@]12CCC(=O)C=C1[C@H]1C[C@H]1[C@H]1[C@@H]3[C@@H]4C[C@@H]4[C@@]4(CCC(=O)O4)[C@@]3(C)CC[C@@H]12. The van der Waals surface area contributed by atoms with E-state index in [-0.39, 0.29) is 22.4 Å². The zero-order valence-electron chi connectivity index (χ0n) is 16.5. The maximum Gasteiger partial charge on any atom is 0.306 e. The van der Waals surface area contributed by atoms with Gasteiger partial charge in [0, 0.05) is 24.2 Å². The highest BCUT2D eigenvalue weighted by Crippen LogP contribution is 2.82. The van der Waals surface area contributed by atoms with Gasteiger partial charge >= 0.3 is 5.97 Å². The molecule has 0 aromatic carbocycles. The second kappa shape index (κ2) is 4.39. The second-order valence-electron chi connectivity index (χ2n) is 11.5. The summed E-state index contributed by atoms with van der Waals surface area (Å²) in [7, 11) is 0. The molecule has 0 bridgehead atoms. The van der Waals surface area contributed by atoms with Gasteiger partial charge in [0.05, 0.1) is 0 Å². The molecule has 0 unspecified atom stereocenters. The number of esters is 1. The molecule has 0 aromatic heterocycles. The fourth-order valence-corrected chi connectivity index (χ4v) is 9.74. The van der Waals surface area contributed by atoms with E-state index < -0.39 is 0 Å². The largest absolute Gasteiger partial charge is 0.458 e. The summed E-state index contributed by atoms with van der Waals surface area (Å²) in [4.78, 5) is 24.3. The van der Waals surface area contributed by atoms with Gasteiger partial charge in [0.15, 0.2) is 5.78 Å². The van der Waals surface area contributed by atoms with Crippen LogP contribution in [0.4, 0.5) is 0 Å². The smallest absolute Gasteiger partial charge is 0.306 e. The lowest BCUT2D eigenvalue weighted by Gasteiger charge is -2.60. The lowest BCUT2D eigenvalue weighted by molar-refractivity contribution is -0.177. The number of allylic oxidation sites excluding steroid dienone is 1. The fraction of sp³-hybridized carbons (Fsp3) is 0.833. The Morgan fingerprint density at radius 3 is 2.63 bits per heavy atom. The first kappa shape index (κ1) is 15.8. The van der Waals surface area contributed by atoms with Crippen LogP contribution in [0.5, 0.6) is 0 Å². The molecule has 144 valence electrons. The van der Waals surface area contributed by atoms with Crippen molar-refractivity contribution in [2.24, 2.45) is 52.3 Å². The predicted molar refractivity (Wildman–Crippen MR) is 99.5 cm³/mol. The first-order chi connectivity index (χ1) is 12.9. The summed E-state index contributed by atoms with van der Waals surface area (Å²) in [6.45, 7) is 4.99. The van der Waals surface area contributed by atoms with E-state index in [1.54, 1.807) is 0 Å². The topological polar surface area (TPSA) is 43.4 Å². The molecule has 7 rings (SSSR count). The molecule has 0 amide bonds. The third-order valence-electron chi connectivity index (χ3n) is 10.9. The van der Waals surface area contributed by atoms with Crippen LogP contribution < -0.4 is 0 Å². The molecule has 6 aliphatic carbocycles. The summed E-state index contributed by atoms with van der Waals surface area (Å²) in [5.41, 5.74) is 1.85. The summed E-state index contributed by atoms with van der Waals surface area (Å²) in [5.74, 6) is 5.65. The van der Waals surface area contributed by atoms with Gasteiger partial charge in [-0.1, -0.05) is 19.4 Å². The molecule has 27 heavy (non-hydrogen) atoms. The molecular formula is C24H30O3. The molecule has 1 heterocycles. The normalized spacial score (nSPS) is 62.0. The maximum atomic E-state index is 12.2. The van der Waals surface area contributed by atoms with Crippen LogP contribution in [0, 0.1) is 52.3 Å².